The summed E-state index contributed by atoms with van der Waals surface area (Å²) in [6.45, 7) is 8.35. The minimum absolute atomic E-state index is 0.0311. The number of carboxylic acids is 1. The molecule has 4 atom stereocenters. The van der Waals surface area contributed by atoms with E-state index >= 15 is 0 Å². The van der Waals surface area contributed by atoms with Gasteiger partial charge in [-0.05, 0) is 24.7 Å². The number of carbonyl (C=O) groups excluding carboxylic acids is 1. The molecule has 1 amide bonds. The molecule has 0 radical (unpaired) electrons. The minimum Gasteiger partial charge on any atom is -0.481 e. The Bertz CT molecular complexity index is 321. The van der Waals surface area contributed by atoms with Gasteiger partial charge in [0.25, 0.3) is 0 Å². The summed E-state index contributed by atoms with van der Waals surface area (Å²) in [6, 6.07) is -0.463. The molecule has 0 spiro atoms. The molecule has 0 aliphatic rings. The normalized spacial score (nSPS) is 16.8. The average Bonchev–Trinajstić information content (AvgIpc) is 2.36. The first-order valence-electron chi connectivity index (χ1n) is 8.05. The van der Waals surface area contributed by atoms with E-state index in [9.17, 15) is 9.59 Å². The molecule has 0 aliphatic carbocycles. The standard InChI is InChI=1S/C16H32N2O3/c1-5-11(3)7-13(17)9-15(19)18-14(10-16(20)21)8-12(4)6-2/h11-14H,5-10,17H2,1-4H3,(H,18,19)(H,20,21). The number of carboxylic acid groups (broad SMARTS) is 1. The number of rotatable bonds is 11. The largest absolute Gasteiger partial charge is 0.481 e. The Morgan fingerprint density at radius 2 is 1.57 bits per heavy atom. The minimum atomic E-state index is -0.882. The summed E-state index contributed by atoms with van der Waals surface area (Å²) >= 11 is 0. The van der Waals surface area contributed by atoms with Crippen LogP contribution in [0.15, 0.2) is 0 Å². The first kappa shape index (κ1) is 19.9. The van der Waals surface area contributed by atoms with Gasteiger partial charge in [0.05, 0.1) is 6.42 Å². The predicted octanol–water partition coefficient (Wildman–Crippen LogP) is 2.54. The smallest absolute Gasteiger partial charge is 0.305 e. The summed E-state index contributed by atoms with van der Waals surface area (Å²) in [6.07, 6.45) is 3.76. The lowest BCUT2D eigenvalue weighted by atomic mass is 9.96. The van der Waals surface area contributed by atoms with E-state index in [0.29, 0.717) is 18.3 Å². The third-order valence-corrected chi connectivity index (χ3v) is 4.02. The molecular formula is C16H32N2O3. The second-order valence-corrected chi connectivity index (χ2v) is 6.32. The van der Waals surface area contributed by atoms with Crippen molar-refractivity contribution in [3.05, 3.63) is 0 Å². The Hall–Kier alpha value is -1.10. The van der Waals surface area contributed by atoms with Crippen LogP contribution in [-0.2, 0) is 9.59 Å². The molecular weight excluding hydrogens is 268 g/mol. The second kappa shape index (κ2) is 10.6. The van der Waals surface area contributed by atoms with Gasteiger partial charge in [0, 0.05) is 18.5 Å². The van der Waals surface area contributed by atoms with Crippen molar-refractivity contribution in [2.75, 3.05) is 0 Å². The summed E-state index contributed by atoms with van der Waals surface area (Å²) in [4.78, 5) is 22.9. The molecule has 21 heavy (non-hydrogen) atoms. The SMILES string of the molecule is CCC(C)CC(N)CC(=O)NC(CC(=O)O)CC(C)CC. The number of aliphatic carboxylic acids is 1. The molecule has 0 saturated heterocycles. The summed E-state index contributed by atoms with van der Waals surface area (Å²) in [5.41, 5.74) is 5.98. The molecule has 0 aliphatic heterocycles. The zero-order valence-corrected chi connectivity index (χ0v) is 13.9. The van der Waals surface area contributed by atoms with Crippen molar-refractivity contribution in [2.24, 2.45) is 17.6 Å². The first-order valence-corrected chi connectivity index (χ1v) is 8.05. The highest BCUT2D eigenvalue weighted by molar-refractivity contribution is 5.78. The van der Waals surface area contributed by atoms with Gasteiger partial charge >= 0.3 is 5.97 Å². The molecule has 0 bridgehead atoms. The Labute approximate surface area is 128 Å². The molecule has 124 valence electrons. The van der Waals surface area contributed by atoms with Gasteiger partial charge in [-0.3, -0.25) is 9.59 Å². The van der Waals surface area contributed by atoms with Crippen molar-refractivity contribution in [3.63, 3.8) is 0 Å². The number of hydrogen-bond acceptors (Lipinski definition) is 3. The van der Waals surface area contributed by atoms with Crippen molar-refractivity contribution in [3.8, 4) is 0 Å². The lowest BCUT2D eigenvalue weighted by molar-refractivity contribution is -0.137. The quantitative estimate of drug-likeness (QED) is 0.546. The van der Waals surface area contributed by atoms with Gasteiger partial charge in [-0.25, -0.2) is 0 Å². The molecule has 5 heteroatoms. The number of nitrogens with one attached hydrogen (secondary N) is 1. The Morgan fingerprint density at radius 1 is 1.05 bits per heavy atom. The fourth-order valence-corrected chi connectivity index (χ4v) is 2.35. The molecule has 4 unspecified atom stereocenters. The van der Waals surface area contributed by atoms with Crippen LogP contribution in [0.4, 0.5) is 0 Å². The van der Waals surface area contributed by atoms with Crippen LogP contribution in [0.3, 0.4) is 0 Å². The van der Waals surface area contributed by atoms with Crippen LogP contribution in [0.2, 0.25) is 0 Å². The van der Waals surface area contributed by atoms with E-state index in [1.165, 1.54) is 0 Å². The van der Waals surface area contributed by atoms with Crippen LogP contribution in [0, 0.1) is 11.8 Å². The highest BCUT2D eigenvalue weighted by Gasteiger charge is 2.20. The van der Waals surface area contributed by atoms with Crippen LogP contribution in [0.1, 0.15) is 66.2 Å². The van der Waals surface area contributed by atoms with Gasteiger partial charge in [0.15, 0.2) is 0 Å². The summed E-state index contributed by atoms with van der Waals surface area (Å²) in [5.74, 6) is -0.126. The van der Waals surface area contributed by atoms with Crippen molar-refractivity contribution < 1.29 is 14.7 Å². The summed E-state index contributed by atoms with van der Waals surface area (Å²) in [5, 5.41) is 11.8. The van der Waals surface area contributed by atoms with Crippen LogP contribution < -0.4 is 11.1 Å². The van der Waals surface area contributed by atoms with E-state index in [0.717, 1.165) is 19.3 Å². The van der Waals surface area contributed by atoms with Gasteiger partial charge in [-0.1, -0.05) is 40.5 Å². The average molecular weight is 300 g/mol. The lowest BCUT2D eigenvalue weighted by Crippen LogP contribution is -2.40. The lowest BCUT2D eigenvalue weighted by Gasteiger charge is -2.22. The Morgan fingerprint density at radius 3 is 2.05 bits per heavy atom. The number of carbonyl (C=O) groups is 2. The van der Waals surface area contributed by atoms with Crippen molar-refractivity contribution in [1.29, 1.82) is 0 Å². The molecule has 0 aromatic carbocycles. The molecule has 5 nitrogen and oxygen atoms in total. The third-order valence-electron chi connectivity index (χ3n) is 4.02. The predicted molar refractivity (Wildman–Crippen MR) is 84.9 cm³/mol. The van der Waals surface area contributed by atoms with Gasteiger partial charge in [-0.2, -0.15) is 0 Å². The summed E-state index contributed by atoms with van der Waals surface area (Å²) in [7, 11) is 0. The third kappa shape index (κ3) is 10.3. The van der Waals surface area contributed by atoms with Gasteiger partial charge in [-0.15, -0.1) is 0 Å². The molecule has 0 fully saturated rings. The van der Waals surface area contributed by atoms with Crippen LogP contribution >= 0.6 is 0 Å². The van der Waals surface area contributed by atoms with Crippen LogP contribution in [0.5, 0.6) is 0 Å². The van der Waals surface area contributed by atoms with E-state index in [4.69, 9.17) is 10.8 Å². The molecule has 0 aromatic heterocycles. The summed E-state index contributed by atoms with van der Waals surface area (Å²) < 4.78 is 0. The molecule has 4 N–H and O–H groups in total. The molecule has 0 rings (SSSR count). The maximum atomic E-state index is 12.0. The molecule has 0 heterocycles. The fraction of sp³-hybridized carbons (Fsp3) is 0.875. The monoisotopic (exact) mass is 300 g/mol. The highest BCUT2D eigenvalue weighted by Crippen LogP contribution is 2.14. The number of hydrogen-bond donors (Lipinski definition) is 3. The zero-order valence-electron chi connectivity index (χ0n) is 13.9. The number of nitrogens with two attached hydrogens (primary N) is 1. The van der Waals surface area contributed by atoms with Crippen LogP contribution in [0.25, 0.3) is 0 Å². The maximum absolute atomic E-state index is 12.0. The number of amides is 1. The Kier molecular flexibility index (Phi) is 10.0. The topological polar surface area (TPSA) is 92.4 Å². The van der Waals surface area contributed by atoms with Crippen molar-refractivity contribution in [1.82, 2.24) is 5.32 Å². The zero-order chi connectivity index (χ0) is 16.4. The van der Waals surface area contributed by atoms with E-state index in [2.05, 4.69) is 33.0 Å². The van der Waals surface area contributed by atoms with Gasteiger partial charge < -0.3 is 16.2 Å². The maximum Gasteiger partial charge on any atom is 0.305 e. The fourth-order valence-electron chi connectivity index (χ4n) is 2.35. The highest BCUT2D eigenvalue weighted by atomic mass is 16.4. The molecule has 0 aromatic rings. The van der Waals surface area contributed by atoms with Gasteiger partial charge in [0.2, 0.25) is 5.91 Å². The van der Waals surface area contributed by atoms with E-state index < -0.39 is 5.97 Å². The van der Waals surface area contributed by atoms with E-state index in [-0.39, 0.29) is 30.8 Å². The second-order valence-electron chi connectivity index (χ2n) is 6.32. The van der Waals surface area contributed by atoms with Gasteiger partial charge in [0.1, 0.15) is 0 Å². The van der Waals surface area contributed by atoms with Crippen molar-refractivity contribution >= 4 is 11.9 Å². The van der Waals surface area contributed by atoms with E-state index in [1.54, 1.807) is 0 Å². The molecule has 0 saturated carbocycles. The Balaban J connectivity index is 4.34. The first-order chi connectivity index (χ1) is 9.78. The van der Waals surface area contributed by atoms with Crippen molar-refractivity contribution in [2.45, 2.75) is 78.3 Å². The van der Waals surface area contributed by atoms with E-state index in [1.807, 2.05) is 0 Å². The van der Waals surface area contributed by atoms with Crippen LogP contribution in [-0.4, -0.2) is 29.1 Å².